The summed E-state index contributed by atoms with van der Waals surface area (Å²) in [5.74, 6) is -0.930. The summed E-state index contributed by atoms with van der Waals surface area (Å²) in [6, 6.07) is 17.7. The maximum atomic E-state index is 13.6. The van der Waals surface area contributed by atoms with Gasteiger partial charge >= 0.3 is 0 Å². The maximum absolute atomic E-state index is 13.6. The Hall–Kier alpha value is -3.73. The highest BCUT2D eigenvalue weighted by atomic mass is 35.5. The van der Waals surface area contributed by atoms with Crippen LogP contribution in [0.5, 0.6) is 5.75 Å². The van der Waals surface area contributed by atoms with Gasteiger partial charge in [0.2, 0.25) is 15.9 Å². The predicted octanol–water partition coefficient (Wildman–Crippen LogP) is 3.01. The van der Waals surface area contributed by atoms with Gasteiger partial charge in [0.05, 0.1) is 24.1 Å². The molecular weight excluding hydrogens is 518 g/mol. The van der Waals surface area contributed by atoms with E-state index in [0.717, 1.165) is 10.5 Å². The number of rotatable bonds is 8. The zero-order chi connectivity index (χ0) is 26.7. The van der Waals surface area contributed by atoms with E-state index in [2.05, 4.69) is 0 Å². The second-order valence-electron chi connectivity index (χ2n) is 8.43. The number of nitrogens with two attached hydrogens (primary N) is 1. The molecule has 3 amide bonds. The monoisotopic (exact) mass is 541 g/mol. The number of benzene rings is 3. The number of sulfonamides is 1. The van der Waals surface area contributed by atoms with Crippen molar-refractivity contribution in [3.05, 3.63) is 88.9 Å². The minimum atomic E-state index is -3.94. The molecule has 1 aliphatic heterocycles. The highest BCUT2D eigenvalue weighted by molar-refractivity contribution is 7.89. The van der Waals surface area contributed by atoms with E-state index in [4.69, 9.17) is 21.5 Å². The molecule has 1 aliphatic rings. The minimum Gasteiger partial charge on any atom is -0.497 e. The summed E-state index contributed by atoms with van der Waals surface area (Å²) < 4.78 is 28.3. The Labute approximate surface area is 219 Å². The topological polar surface area (TPSA) is 127 Å². The molecular formula is C26H24ClN3O6S. The number of hydrogen-bond acceptors (Lipinski definition) is 6. The van der Waals surface area contributed by atoms with Crippen molar-refractivity contribution in [2.45, 2.75) is 23.8 Å². The van der Waals surface area contributed by atoms with Crippen LogP contribution in [0.3, 0.4) is 0 Å². The zero-order valence-electron chi connectivity index (χ0n) is 19.8. The third-order valence-electron chi connectivity index (χ3n) is 6.05. The summed E-state index contributed by atoms with van der Waals surface area (Å²) >= 11 is 6.10. The number of nitrogens with zero attached hydrogens (tertiary/aromatic N) is 2. The lowest BCUT2D eigenvalue weighted by molar-refractivity contribution is -0.122. The van der Waals surface area contributed by atoms with Crippen molar-refractivity contribution >= 4 is 45.0 Å². The predicted molar refractivity (Wildman–Crippen MR) is 138 cm³/mol. The zero-order valence-corrected chi connectivity index (χ0v) is 21.4. The molecule has 1 saturated heterocycles. The molecule has 0 saturated carbocycles. The Morgan fingerprint density at radius 2 is 1.76 bits per heavy atom. The van der Waals surface area contributed by atoms with Gasteiger partial charge in [-0.2, -0.15) is 0 Å². The van der Waals surface area contributed by atoms with Gasteiger partial charge in [-0.25, -0.2) is 18.5 Å². The molecule has 0 bridgehead atoms. The Morgan fingerprint density at radius 1 is 1.08 bits per heavy atom. The first kappa shape index (κ1) is 26.3. The van der Waals surface area contributed by atoms with Crippen molar-refractivity contribution in [2.24, 2.45) is 5.14 Å². The lowest BCUT2D eigenvalue weighted by Crippen LogP contribution is -2.46. The molecule has 1 unspecified atom stereocenters. The van der Waals surface area contributed by atoms with Gasteiger partial charge in [-0.1, -0.05) is 23.7 Å². The lowest BCUT2D eigenvalue weighted by Gasteiger charge is -2.28. The van der Waals surface area contributed by atoms with Gasteiger partial charge in [0.15, 0.2) is 0 Å². The van der Waals surface area contributed by atoms with Gasteiger partial charge in [-0.3, -0.25) is 14.4 Å². The highest BCUT2D eigenvalue weighted by Gasteiger charge is 2.44. The van der Waals surface area contributed by atoms with Crippen molar-refractivity contribution in [1.29, 1.82) is 0 Å². The van der Waals surface area contributed by atoms with E-state index in [-0.39, 0.29) is 23.5 Å². The van der Waals surface area contributed by atoms with Gasteiger partial charge in [-0.05, 0) is 72.6 Å². The first-order valence-electron chi connectivity index (χ1n) is 11.3. The van der Waals surface area contributed by atoms with Gasteiger partial charge in [0, 0.05) is 17.1 Å². The van der Waals surface area contributed by atoms with Crippen molar-refractivity contribution in [3.8, 4) is 5.75 Å². The van der Waals surface area contributed by atoms with E-state index in [1.807, 2.05) is 6.07 Å². The smallest absolute Gasteiger partial charge is 0.257 e. The SMILES string of the molecule is COc1ccc(C(=O)N(CCc2cccc(Cl)c2)C2CC(=O)N(c3ccc(S(N)(=O)=O)cc3)C2=O)cc1. The molecule has 9 nitrogen and oxygen atoms in total. The van der Waals surface area contributed by atoms with E-state index in [1.165, 1.54) is 36.3 Å². The van der Waals surface area contributed by atoms with Gasteiger partial charge in [-0.15, -0.1) is 0 Å². The molecule has 0 aliphatic carbocycles. The average molecular weight is 542 g/mol. The van der Waals surface area contributed by atoms with E-state index >= 15 is 0 Å². The number of carbonyl (C=O) groups excluding carboxylic acids is 3. The molecule has 192 valence electrons. The molecule has 11 heteroatoms. The fourth-order valence-electron chi connectivity index (χ4n) is 4.16. The normalized spacial score (nSPS) is 15.6. The largest absolute Gasteiger partial charge is 0.497 e. The van der Waals surface area contributed by atoms with Crippen molar-refractivity contribution in [1.82, 2.24) is 4.90 Å². The number of amides is 3. The Morgan fingerprint density at radius 3 is 2.35 bits per heavy atom. The third-order valence-corrected chi connectivity index (χ3v) is 7.22. The number of methoxy groups -OCH3 is 1. The number of hydrogen-bond donors (Lipinski definition) is 1. The van der Waals surface area contributed by atoms with E-state index < -0.39 is 33.8 Å². The van der Waals surface area contributed by atoms with Crippen LogP contribution in [0.1, 0.15) is 22.3 Å². The Balaban J connectivity index is 1.63. The summed E-state index contributed by atoms with van der Waals surface area (Å²) in [5, 5.41) is 5.69. The van der Waals surface area contributed by atoms with Crippen LogP contribution in [-0.4, -0.2) is 50.7 Å². The molecule has 0 radical (unpaired) electrons. The van der Waals surface area contributed by atoms with Crippen molar-refractivity contribution < 1.29 is 27.5 Å². The van der Waals surface area contributed by atoms with E-state index in [9.17, 15) is 22.8 Å². The summed E-state index contributed by atoms with van der Waals surface area (Å²) in [6.07, 6.45) is 0.191. The molecule has 1 heterocycles. The van der Waals surface area contributed by atoms with Crippen LogP contribution in [-0.2, 0) is 26.0 Å². The fourth-order valence-corrected chi connectivity index (χ4v) is 4.88. The van der Waals surface area contributed by atoms with Crippen LogP contribution < -0.4 is 14.8 Å². The van der Waals surface area contributed by atoms with Gasteiger partial charge in [0.1, 0.15) is 11.8 Å². The Kier molecular flexibility index (Phi) is 7.63. The maximum Gasteiger partial charge on any atom is 0.257 e. The number of anilines is 1. The standard InChI is InChI=1S/C26H24ClN3O6S/c1-36-21-9-5-18(6-10-21)25(32)29(14-13-17-3-2-4-19(27)15-17)23-16-24(31)30(26(23)33)20-7-11-22(12-8-20)37(28,34)35/h2-12,15,23H,13-14,16H2,1H3,(H2,28,34,35). The lowest BCUT2D eigenvalue weighted by atomic mass is 10.1. The molecule has 3 aromatic rings. The third kappa shape index (κ3) is 5.82. The van der Waals surface area contributed by atoms with Crippen LogP contribution in [0.4, 0.5) is 5.69 Å². The molecule has 37 heavy (non-hydrogen) atoms. The summed E-state index contributed by atoms with van der Waals surface area (Å²) in [7, 11) is -2.42. The van der Waals surface area contributed by atoms with Crippen molar-refractivity contribution in [3.63, 3.8) is 0 Å². The first-order chi connectivity index (χ1) is 17.6. The molecule has 3 aromatic carbocycles. The van der Waals surface area contributed by atoms with Crippen LogP contribution in [0, 0.1) is 0 Å². The molecule has 4 rings (SSSR count). The number of imide groups is 1. The highest BCUT2D eigenvalue weighted by Crippen LogP contribution is 2.28. The minimum absolute atomic E-state index is 0.148. The summed E-state index contributed by atoms with van der Waals surface area (Å²) in [5.41, 5.74) is 1.40. The number of ether oxygens (including phenoxy) is 1. The molecule has 0 aromatic heterocycles. The molecule has 1 atom stereocenters. The van der Waals surface area contributed by atoms with E-state index in [1.54, 1.807) is 42.5 Å². The number of primary sulfonamides is 1. The Bertz CT molecular complexity index is 1440. The number of carbonyl (C=O) groups is 3. The molecule has 2 N–H and O–H groups in total. The van der Waals surface area contributed by atoms with Crippen LogP contribution >= 0.6 is 11.6 Å². The van der Waals surface area contributed by atoms with Crippen molar-refractivity contribution in [2.75, 3.05) is 18.6 Å². The van der Waals surface area contributed by atoms with Gasteiger partial charge < -0.3 is 9.64 Å². The second kappa shape index (κ2) is 10.7. The second-order valence-corrected chi connectivity index (χ2v) is 10.4. The quantitative estimate of drug-likeness (QED) is 0.437. The average Bonchev–Trinajstić information content (AvgIpc) is 3.17. The van der Waals surface area contributed by atoms with Gasteiger partial charge in [0.25, 0.3) is 11.8 Å². The fraction of sp³-hybridized carbons (Fsp3) is 0.192. The summed E-state index contributed by atoms with van der Waals surface area (Å²) in [4.78, 5) is 42.2. The van der Waals surface area contributed by atoms with Crippen LogP contribution in [0.25, 0.3) is 0 Å². The van der Waals surface area contributed by atoms with Crippen LogP contribution in [0.15, 0.2) is 77.7 Å². The van der Waals surface area contributed by atoms with E-state index in [0.29, 0.717) is 22.8 Å². The van der Waals surface area contributed by atoms with Crippen LogP contribution in [0.2, 0.25) is 5.02 Å². The number of halogens is 1. The first-order valence-corrected chi connectivity index (χ1v) is 13.2. The molecule has 1 fully saturated rings. The molecule has 0 spiro atoms. The summed E-state index contributed by atoms with van der Waals surface area (Å²) in [6.45, 7) is 0.160.